The van der Waals surface area contributed by atoms with Gasteiger partial charge >= 0.3 is 12.8 Å². The van der Waals surface area contributed by atoms with Crippen molar-refractivity contribution in [2.24, 2.45) is 0 Å². The first-order valence-electron chi connectivity index (χ1n) is 5.69. The van der Waals surface area contributed by atoms with Crippen molar-refractivity contribution in [3.63, 3.8) is 0 Å². The van der Waals surface area contributed by atoms with Gasteiger partial charge in [-0.25, -0.2) is 0 Å². The summed E-state index contributed by atoms with van der Waals surface area (Å²) in [6.07, 6.45) is -4.48. The van der Waals surface area contributed by atoms with Gasteiger partial charge in [0.05, 0.1) is 10.6 Å². The van der Waals surface area contributed by atoms with E-state index in [2.05, 4.69) is 4.74 Å². The third kappa shape index (κ3) is 3.85. The Morgan fingerprint density at radius 1 is 0.952 bits per heavy atom. The van der Waals surface area contributed by atoms with Crippen molar-refractivity contribution >= 4 is 11.6 Å². The average molecular weight is 323 g/mol. The van der Waals surface area contributed by atoms with Gasteiger partial charge in [-0.15, -0.1) is 0 Å². The minimum atomic E-state index is -4.48. The molecule has 0 fully saturated rings. The number of hydrogen-bond acceptors (Lipinski definition) is 1. The van der Waals surface area contributed by atoms with Gasteiger partial charge in [-0.3, -0.25) is 0 Å². The van der Waals surface area contributed by atoms with Crippen molar-refractivity contribution in [2.45, 2.75) is 12.8 Å². The number of hydrogen-bond donors (Lipinski definition) is 0. The molecule has 21 heavy (non-hydrogen) atoms. The molecule has 0 bridgehead atoms. The highest BCUT2D eigenvalue weighted by atomic mass is 35.5. The molecule has 0 amide bonds. The van der Waals surface area contributed by atoms with E-state index in [-0.39, 0.29) is 16.3 Å². The van der Waals surface area contributed by atoms with Crippen LogP contribution in [-0.2, 0) is 6.18 Å². The number of rotatable bonds is 3. The highest BCUT2D eigenvalue weighted by molar-refractivity contribution is 6.32. The van der Waals surface area contributed by atoms with E-state index in [0.717, 1.165) is 12.1 Å². The molecule has 0 aromatic heterocycles. The molecule has 0 radical (unpaired) electrons. The minimum Gasteiger partial charge on any atom is -0.433 e. The van der Waals surface area contributed by atoms with Crippen LogP contribution in [0.1, 0.15) is 5.56 Å². The molecule has 7 heteroatoms. The minimum absolute atomic E-state index is 0.0500. The van der Waals surface area contributed by atoms with Crippen LogP contribution in [0.2, 0.25) is 5.02 Å². The average Bonchev–Trinajstić information content (AvgIpc) is 2.40. The Bertz CT molecular complexity index is 640. The maximum atomic E-state index is 12.7. The molecular formula is C14H8ClF5O. The molecule has 0 aliphatic rings. The zero-order valence-corrected chi connectivity index (χ0v) is 11.1. The second-order valence-electron chi connectivity index (χ2n) is 4.10. The number of benzene rings is 2. The molecule has 0 unspecified atom stereocenters. The fraction of sp³-hybridized carbons (Fsp3) is 0.143. The Morgan fingerprint density at radius 3 is 2.24 bits per heavy atom. The van der Waals surface area contributed by atoms with E-state index in [1.807, 2.05) is 0 Å². The van der Waals surface area contributed by atoms with Gasteiger partial charge in [0, 0.05) is 0 Å². The molecule has 0 atom stereocenters. The topological polar surface area (TPSA) is 9.23 Å². The first-order valence-corrected chi connectivity index (χ1v) is 6.07. The predicted octanol–water partition coefficient (Wildman–Crippen LogP) is 5.63. The molecule has 2 rings (SSSR count). The Balaban J connectivity index is 2.43. The van der Waals surface area contributed by atoms with Crippen molar-refractivity contribution in [1.29, 1.82) is 0 Å². The molecule has 0 saturated heterocycles. The van der Waals surface area contributed by atoms with Gasteiger partial charge in [-0.2, -0.15) is 22.0 Å². The van der Waals surface area contributed by atoms with Crippen LogP contribution in [-0.4, -0.2) is 6.61 Å². The second-order valence-corrected chi connectivity index (χ2v) is 4.51. The lowest BCUT2D eigenvalue weighted by Crippen LogP contribution is -2.04. The van der Waals surface area contributed by atoms with Crippen molar-refractivity contribution in [3.8, 4) is 16.9 Å². The quantitative estimate of drug-likeness (QED) is 0.666. The molecule has 0 heterocycles. The number of alkyl halides is 5. The van der Waals surface area contributed by atoms with Crippen molar-refractivity contribution in [1.82, 2.24) is 0 Å². The molecule has 0 aliphatic carbocycles. The van der Waals surface area contributed by atoms with Crippen LogP contribution < -0.4 is 4.74 Å². The summed E-state index contributed by atoms with van der Waals surface area (Å²) < 4.78 is 66.6. The SMILES string of the molecule is FC(F)Oc1cc(-c2cccc(C(F)(F)F)c2)ccc1Cl. The van der Waals surface area contributed by atoms with Crippen molar-refractivity contribution in [2.75, 3.05) is 0 Å². The molecular weight excluding hydrogens is 315 g/mol. The van der Waals surface area contributed by atoms with Gasteiger partial charge in [0.25, 0.3) is 0 Å². The van der Waals surface area contributed by atoms with E-state index in [4.69, 9.17) is 11.6 Å². The van der Waals surface area contributed by atoms with Gasteiger partial charge in [-0.1, -0.05) is 29.8 Å². The van der Waals surface area contributed by atoms with E-state index in [0.29, 0.717) is 5.56 Å². The molecule has 1 nitrogen and oxygen atoms in total. The van der Waals surface area contributed by atoms with Crippen LogP contribution in [0.5, 0.6) is 5.75 Å². The van der Waals surface area contributed by atoms with Gasteiger partial charge in [0.1, 0.15) is 5.75 Å². The maximum absolute atomic E-state index is 12.7. The van der Waals surface area contributed by atoms with Crippen LogP contribution >= 0.6 is 11.6 Å². The van der Waals surface area contributed by atoms with E-state index in [9.17, 15) is 22.0 Å². The van der Waals surface area contributed by atoms with Crippen molar-refractivity contribution in [3.05, 3.63) is 53.1 Å². The van der Waals surface area contributed by atoms with Crippen LogP contribution in [0, 0.1) is 0 Å². The summed E-state index contributed by atoms with van der Waals surface area (Å²) >= 11 is 5.69. The number of ether oxygens (including phenoxy) is 1. The zero-order valence-electron chi connectivity index (χ0n) is 10.3. The second kappa shape index (κ2) is 5.89. The van der Waals surface area contributed by atoms with E-state index >= 15 is 0 Å². The molecule has 2 aromatic carbocycles. The Hall–Kier alpha value is -1.82. The molecule has 0 saturated carbocycles. The summed E-state index contributed by atoms with van der Waals surface area (Å²) in [6, 6.07) is 8.41. The van der Waals surface area contributed by atoms with Crippen LogP contribution in [0.3, 0.4) is 0 Å². The van der Waals surface area contributed by atoms with Gasteiger partial charge in [-0.05, 0) is 35.4 Å². The Kier molecular flexibility index (Phi) is 4.37. The van der Waals surface area contributed by atoms with E-state index < -0.39 is 18.4 Å². The fourth-order valence-electron chi connectivity index (χ4n) is 1.74. The molecule has 112 valence electrons. The number of halogens is 6. The predicted molar refractivity (Wildman–Crippen MR) is 68.5 cm³/mol. The lowest BCUT2D eigenvalue weighted by atomic mass is 10.0. The van der Waals surface area contributed by atoms with Gasteiger partial charge in [0.15, 0.2) is 0 Å². The summed E-state index contributed by atoms with van der Waals surface area (Å²) in [5.41, 5.74) is -0.312. The van der Waals surface area contributed by atoms with Crippen LogP contribution in [0.15, 0.2) is 42.5 Å². The standard InChI is InChI=1S/C14H8ClF5O/c15-11-5-4-9(7-12(11)21-13(16)17)8-2-1-3-10(6-8)14(18,19)20/h1-7,13H. The Labute approximate surface area is 121 Å². The van der Waals surface area contributed by atoms with Crippen LogP contribution in [0.25, 0.3) is 11.1 Å². The lowest BCUT2D eigenvalue weighted by molar-refractivity contribution is -0.137. The molecule has 0 spiro atoms. The Morgan fingerprint density at radius 2 is 1.62 bits per heavy atom. The summed E-state index contributed by atoms with van der Waals surface area (Å²) in [6.45, 7) is -3.07. The highest BCUT2D eigenvalue weighted by Crippen LogP contribution is 2.35. The van der Waals surface area contributed by atoms with E-state index in [1.165, 1.54) is 30.3 Å². The first kappa shape index (κ1) is 15.6. The smallest absolute Gasteiger partial charge is 0.416 e. The lowest BCUT2D eigenvalue weighted by Gasteiger charge is -2.11. The summed E-state index contributed by atoms with van der Waals surface area (Å²) in [7, 11) is 0. The fourth-order valence-corrected chi connectivity index (χ4v) is 1.91. The van der Waals surface area contributed by atoms with Gasteiger partial charge in [0.2, 0.25) is 0 Å². The van der Waals surface area contributed by atoms with Gasteiger partial charge < -0.3 is 4.74 Å². The highest BCUT2D eigenvalue weighted by Gasteiger charge is 2.30. The zero-order chi connectivity index (χ0) is 15.6. The summed E-state index contributed by atoms with van der Waals surface area (Å²) in [5, 5.41) is -0.0500. The molecule has 2 aromatic rings. The summed E-state index contributed by atoms with van der Waals surface area (Å²) in [4.78, 5) is 0. The third-order valence-corrected chi connectivity index (χ3v) is 2.98. The monoisotopic (exact) mass is 322 g/mol. The first-order chi connectivity index (χ1) is 9.77. The van der Waals surface area contributed by atoms with Crippen LogP contribution in [0.4, 0.5) is 22.0 Å². The maximum Gasteiger partial charge on any atom is 0.416 e. The normalized spacial score (nSPS) is 11.8. The summed E-state index contributed by atoms with van der Waals surface area (Å²) in [5.74, 6) is -0.290. The molecule has 0 N–H and O–H groups in total. The van der Waals surface area contributed by atoms with E-state index in [1.54, 1.807) is 0 Å². The largest absolute Gasteiger partial charge is 0.433 e. The third-order valence-electron chi connectivity index (χ3n) is 2.67. The molecule has 0 aliphatic heterocycles. The van der Waals surface area contributed by atoms with Crippen molar-refractivity contribution < 1.29 is 26.7 Å².